The Morgan fingerprint density at radius 3 is 2.60 bits per heavy atom. The van der Waals surface area contributed by atoms with Crippen molar-refractivity contribution in [1.29, 1.82) is 0 Å². The maximum atomic E-state index is 11.3. The lowest BCUT2D eigenvalue weighted by atomic mass is 10.1. The highest BCUT2D eigenvalue weighted by molar-refractivity contribution is 5.77. The first-order valence-corrected chi connectivity index (χ1v) is 6.40. The number of rotatable bonds is 5. The monoisotopic (exact) mass is 271 g/mol. The summed E-state index contributed by atoms with van der Waals surface area (Å²) in [5.74, 6) is -0.577. The molecule has 1 aromatic carbocycles. The van der Waals surface area contributed by atoms with Crippen LogP contribution < -0.4 is 5.32 Å². The normalized spacial score (nSPS) is 11.9. The molecule has 0 spiro atoms. The smallest absolute Gasteiger partial charge is 0.326 e. The van der Waals surface area contributed by atoms with Gasteiger partial charge >= 0.3 is 5.97 Å². The van der Waals surface area contributed by atoms with Gasteiger partial charge < -0.3 is 10.4 Å². The first kappa shape index (κ1) is 14.0. The Morgan fingerprint density at radius 2 is 2.00 bits per heavy atom. The Bertz CT molecular complexity index is 599. The molecule has 0 fully saturated rings. The van der Waals surface area contributed by atoms with Crippen molar-refractivity contribution in [3.8, 4) is 0 Å². The highest BCUT2D eigenvalue weighted by Crippen LogP contribution is 2.10. The van der Waals surface area contributed by atoms with Gasteiger partial charge in [0.1, 0.15) is 6.04 Å². The highest BCUT2D eigenvalue weighted by atomic mass is 16.4. The van der Waals surface area contributed by atoms with E-state index in [4.69, 9.17) is 0 Å². The Morgan fingerprint density at radius 1 is 1.30 bits per heavy atom. The number of hydrogen-bond acceptors (Lipinski definition) is 4. The van der Waals surface area contributed by atoms with Gasteiger partial charge in [0.05, 0.1) is 0 Å². The molecule has 0 radical (unpaired) electrons. The van der Waals surface area contributed by atoms with E-state index in [2.05, 4.69) is 15.3 Å². The minimum absolute atomic E-state index is 0.344. The van der Waals surface area contributed by atoms with E-state index in [1.807, 2.05) is 44.2 Å². The molecule has 0 aliphatic heterocycles. The molecule has 1 atom stereocenters. The van der Waals surface area contributed by atoms with E-state index >= 15 is 0 Å². The molecule has 5 nitrogen and oxygen atoms in total. The van der Waals surface area contributed by atoms with Crippen molar-refractivity contribution < 1.29 is 9.90 Å². The van der Waals surface area contributed by atoms with Gasteiger partial charge in [-0.15, -0.1) is 0 Å². The second-order valence-electron chi connectivity index (χ2n) is 4.69. The Hall–Kier alpha value is -2.43. The van der Waals surface area contributed by atoms with Gasteiger partial charge in [-0.2, -0.15) is 0 Å². The number of benzene rings is 1. The largest absolute Gasteiger partial charge is 0.480 e. The third-order valence-corrected chi connectivity index (χ3v) is 3.11. The molecule has 0 amide bonds. The number of nitrogens with one attached hydrogen (secondary N) is 1. The van der Waals surface area contributed by atoms with Gasteiger partial charge in [0.25, 0.3) is 0 Å². The van der Waals surface area contributed by atoms with Crippen molar-refractivity contribution in [1.82, 2.24) is 9.97 Å². The quantitative estimate of drug-likeness (QED) is 0.872. The Kier molecular flexibility index (Phi) is 4.30. The van der Waals surface area contributed by atoms with E-state index in [0.29, 0.717) is 12.4 Å². The van der Waals surface area contributed by atoms with Crippen molar-refractivity contribution in [2.45, 2.75) is 26.3 Å². The Labute approximate surface area is 117 Å². The van der Waals surface area contributed by atoms with Crippen LogP contribution in [-0.4, -0.2) is 27.1 Å². The van der Waals surface area contributed by atoms with Gasteiger partial charge in [0.15, 0.2) is 0 Å². The number of carboxylic acids is 1. The molecule has 0 bridgehead atoms. The number of aromatic nitrogens is 2. The number of carboxylic acid groups (broad SMARTS) is 1. The fraction of sp³-hybridized carbons (Fsp3) is 0.267. The predicted molar refractivity (Wildman–Crippen MR) is 76.7 cm³/mol. The molecule has 0 saturated heterocycles. The van der Waals surface area contributed by atoms with Gasteiger partial charge in [-0.1, -0.05) is 30.3 Å². The van der Waals surface area contributed by atoms with E-state index in [0.717, 1.165) is 16.8 Å². The average molecular weight is 271 g/mol. The van der Waals surface area contributed by atoms with E-state index in [-0.39, 0.29) is 0 Å². The molecule has 2 N–H and O–H groups in total. The van der Waals surface area contributed by atoms with Crippen molar-refractivity contribution >= 4 is 11.9 Å². The molecular formula is C15H17N3O2. The van der Waals surface area contributed by atoms with E-state index in [1.54, 1.807) is 6.20 Å². The highest BCUT2D eigenvalue weighted by Gasteiger charge is 2.19. The molecule has 0 unspecified atom stereocenters. The van der Waals surface area contributed by atoms with Gasteiger partial charge in [0, 0.05) is 18.3 Å². The summed E-state index contributed by atoms with van der Waals surface area (Å²) in [5.41, 5.74) is 2.77. The molecular weight excluding hydrogens is 254 g/mol. The molecule has 5 heteroatoms. The fourth-order valence-electron chi connectivity index (χ4n) is 1.80. The van der Waals surface area contributed by atoms with Crippen LogP contribution in [0.25, 0.3) is 0 Å². The first-order chi connectivity index (χ1) is 9.56. The van der Waals surface area contributed by atoms with Crippen molar-refractivity contribution in [2.24, 2.45) is 0 Å². The van der Waals surface area contributed by atoms with Crippen LogP contribution in [0, 0.1) is 13.8 Å². The van der Waals surface area contributed by atoms with Crippen LogP contribution in [0.15, 0.2) is 36.5 Å². The lowest BCUT2D eigenvalue weighted by Crippen LogP contribution is -2.32. The summed E-state index contributed by atoms with van der Waals surface area (Å²) < 4.78 is 0. The molecule has 0 aliphatic rings. The van der Waals surface area contributed by atoms with Crippen LogP contribution in [0.2, 0.25) is 0 Å². The van der Waals surface area contributed by atoms with E-state index < -0.39 is 12.0 Å². The molecule has 0 saturated carbocycles. The van der Waals surface area contributed by atoms with E-state index in [9.17, 15) is 9.90 Å². The lowest BCUT2D eigenvalue weighted by Gasteiger charge is -2.15. The molecule has 1 aromatic heterocycles. The number of anilines is 1. The molecule has 20 heavy (non-hydrogen) atoms. The van der Waals surface area contributed by atoms with Crippen LogP contribution in [0.1, 0.15) is 16.8 Å². The summed E-state index contributed by atoms with van der Waals surface area (Å²) in [6.45, 7) is 3.78. The summed E-state index contributed by atoms with van der Waals surface area (Å²) in [5, 5.41) is 12.2. The van der Waals surface area contributed by atoms with Gasteiger partial charge in [-0.25, -0.2) is 14.8 Å². The van der Waals surface area contributed by atoms with Crippen LogP contribution in [0.3, 0.4) is 0 Å². The molecule has 2 aromatic rings. The summed E-state index contributed by atoms with van der Waals surface area (Å²) in [6, 6.07) is 8.73. The van der Waals surface area contributed by atoms with Gasteiger partial charge in [-0.3, -0.25) is 0 Å². The summed E-state index contributed by atoms with van der Waals surface area (Å²) in [4.78, 5) is 19.7. The average Bonchev–Trinajstić information content (AvgIpc) is 2.43. The van der Waals surface area contributed by atoms with Crippen LogP contribution in [0.5, 0.6) is 0 Å². The molecule has 104 valence electrons. The third-order valence-electron chi connectivity index (χ3n) is 3.11. The van der Waals surface area contributed by atoms with Crippen LogP contribution in [0.4, 0.5) is 5.95 Å². The first-order valence-electron chi connectivity index (χ1n) is 6.40. The number of aryl methyl sites for hydroxylation is 2. The maximum Gasteiger partial charge on any atom is 0.326 e. The number of nitrogens with zero attached hydrogens (tertiary/aromatic N) is 2. The minimum Gasteiger partial charge on any atom is -0.480 e. The second kappa shape index (κ2) is 6.14. The SMILES string of the molecule is Cc1cnc(N[C@@H](Cc2ccccc2)C(=O)O)nc1C. The third kappa shape index (κ3) is 3.54. The van der Waals surface area contributed by atoms with Crippen molar-refractivity contribution in [3.63, 3.8) is 0 Å². The van der Waals surface area contributed by atoms with Crippen LogP contribution in [-0.2, 0) is 11.2 Å². The number of carbonyl (C=O) groups is 1. The topological polar surface area (TPSA) is 75.1 Å². The number of aliphatic carboxylic acids is 1. The zero-order valence-corrected chi connectivity index (χ0v) is 11.5. The summed E-state index contributed by atoms with van der Waals surface area (Å²) in [7, 11) is 0. The second-order valence-corrected chi connectivity index (χ2v) is 4.69. The Balaban J connectivity index is 2.13. The minimum atomic E-state index is -0.921. The molecule has 2 rings (SSSR count). The fourth-order valence-corrected chi connectivity index (χ4v) is 1.80. The summed E-state index contributed by atoms with van der Waals surface area (Å²) >= 11 is 0. The van der Waals surface area contributed by atoms with Crippen LogP contribution >= 0.6 is 0 Å². The van der Waals surface area contributed by atoms with Crippen molar-refractivity contribution in [3.05, 3.63) is 53.3 Å². The summed E-state index contributed by atoms with van der Waals surface area (Å²) in [6.07, 6.45) is 2.07. The van der Waals surface area contributed by atoms with Gasteiger partial charge in [0.2, 0.25) is 5.95 Å². The van der Waals surface area contributed by atoms with Crippen molar-refractivity contribution in [2.75, 3.05) is 5.32 Å². The predicted octanol–water partition coefficient (Wildman–Crippen LogP) is 2.20. The van der Waals surface area contributed by atoms with Gasteiger partial charge in [-0.05, 0) is 25.0 Å². The maximum absolute atomic E-state index is 11.3. The van der Waals surface area contributed by atoms with E-state index in [1.165, 1.54) is 0 Å². The molecule has 0 aliphatic carbocycles. The molecule has 1 heterocycles. The number of hydrogen-bond donors (Lipinski definition) is 2. The zero-order chi connectivity index (χ0) is 14.5. The lowest BCUT2D eigenvalue weighted by molar-refractivity contribution is -0.137. The standard InChI is InChI=1S/C15H17N3O2/c1-10-9-16-15(17-11(10)2)18-13(14(19)20)8-12-6-4-3-5-7-12/h3-7,9,13H,8H2,1-2H3,(H,19,20)(H,16,17,18)/t13-/m0/s1. The zero-order valence-electron chi connectivity index (χ0n) is 11.5.